The highest BCUT2D eigenvalue weighted by Crippen LogP contribution is 2.22. The zero-order chi connectivity index (χ0) is 32.5. The van der Waals surface area contributed by atoms with E-state index in [9.17, 15) is 33.6 Å². The number of carboxylic acids is 1. The first-order chi connectivity index (χ1) is 20.3. The Kier molecular flexibility index (Phi) is 16.6. The van der Waals surface area contributed by atoms with E-state index in [1.54, 1.807) is 0 Å². The Labute approximate surface area is 251 Å². The maximum atomic E-state index is 14.1. The summed E-state index contributed by atoms with van der Waals surface area (Å²) in [7, 11) is 0. The fourth-order valence-electron chi connectivity index (χ4n) is 4.61. The van der Waals surface area contributed by atoms with Crippen LogP contribution >= 0.6 is 0 Å². The summed E-state index contributed by atoms with van der Waals surface area (Å²) in [4.78, 5) is 68.3. The third kappa shape index (κ3) is 14.1. The average molecular weight is 612 g/mol. The number of alkyl halides is 1. The fourth-order valence-corrected chi connectivity index (χ4v) is 4.61. The van der Waals surface area contributed by atoms with E-state index in [2.05, 4.69) is 20.9 Å². The lowest BCUT2D eigenvalue weighted by molar-refractivity contribution is -0.139. The van der Waals surface area contributed by atoms with Crippen molar-refractivity contribution >= 4 is 35.6 Å². The van der Waals surface area contributed by atoms with Crippen LogP contribution in [0.2, 0.25) is 0 Å². The van der Waals surface area contributed by atoms with Crippen LogP contribution < -0.4 is 33.2 Å². The van der Waals surface area contributed by atoms with E-state index in [0.29, 0.717) is 19.4 Å². The molecule has 1 aliphatic rings. The summed E-state index contributed by atoms with van der Waals surface area (Å²) in [6.07, 6.45) is -0.413. The minimum atomic E-state index is -1.37. The minimum Gasteiger partial charge on any atom is -0.481 e. The van der Waals surface area contributed by atoms with Crippen molar-refractivity contribution in [3.63, 3.8) is 0 Å². The van der Waals surface area contributed by atoms with E-state index in [4.69, 9.17) is 22.3 Å². The summed E-state index contributed by atoms with van der Waals surface area (Å²) in [6, 6.07) is -2.36. The predicted octanol–water partition coefficient (Wildman–Crippen LogP) is -1.00. The van der Waals surface area contributed by atoms with Gasteiger partial charge in [-0.1, -0.05) is 13.8 Å². The SMILES string of the molecule is CC(C)C[C@H](NC(=O)[C@H](CCCCN)NC(=O)CCC(=O)O)C(=O)N[C@@H](CCCN=C(N)N)C(=O)N1CC(F)CC1C#N. The van der Waals surface area contributed by atoms with Crippen molar-refractivity contribution in [2.75, 3.05) is 19.6 Å². The molecule has 43 heavy (non-hydrogen) atoms. The number of unbranched alkanes of at least 4 members (excludes halogenated alkanes) is 1. The summed E-state index contributed by atoms with van der Waals surface area (Å²) >= 11 is 0. The summed E-state index contributed by atoms with van der Waals surface area (Å²) in [5.74, 6) is -3.97. The maximum absolute atomic E-state index is 14.1. The Morgan fingerprint density at radius 3 is 2.21 bits per heavy atom. The number of guanidine groups is 1. The van der Waals surface area contributed by atoms with Gasteiger partial charge in [-0.15, -0.1) is 0 Å². The van der Waals surface area contributed by atoms with Crippen LogP contribution in [0.1, 0.15) is 71.6 Å². The van der Waals surface area contributed by atoms with Crippen molar-refractivity contribution in [3.8, 4) is 6.07 Å². The number of aliphatic carboxylic acids is 1. The molecule has 242 valence electrons. The van der Waals surface area contributed by atoms with Crippen LogP contribution in [0.15, 0.2) is 4.99 Å². The van der Waals surface area contributed by atoms with Gasteiger partial charge >= 0.3 is 5.97 Å². The number of nitrogens with two attached hydrogens (primary N) is 3. The van der Waals surface area contributed by atoms with E-state index >= 15 is 0 Å². The van der Waals surface area contributed by atoms with Gasteiger partial charge in [0.15, 0.2) is 5.96 Å². The topological polar surface area (TPSA) is 259 Å². The van der Waals surface area contributed by atoms with Crippen molar-refractivity contribution in [3.05, 3.63) is 0 Å². The van der Waals surface area contributed by atoms with Gasteiger partial charge in [0.05, 0.1) is 19.0 Å². The smallest absolute Gasteiger partial charge is 0.303 e. The van der Waals surface area contributed by atoms with Crippen LogP contribution in [0.3, 0.4) is 0 Å². The second-order valence-electron chi connectivity index (χ2n) is 11.0. The number of nitrogens with zero attached hydrogens (tertiary/aromatic N) is 3. The molecule has 0 aromatic rings. The van der Waals surface area contributed by atoms with Crippen LogP contribution in [0.25, 0.3) is 0 Å². The average Bonchev–Trinajstić information content (AvgIpc) is 3.32. The van der Waals surface area contributed by atoms with Gasteiger partial charge in [0, 0.05) is 19.4 Å². The molecule has 1 aliphatic heterocycles. The van der Waals surface area contributed by atoms with E-state index in [-0.39, 0.29) is 63.5 Å². The third-order valence-corrected chi connectivity index (χ3v) is 6.75. The van der Waals surface area contributed by atoms with Crippen molar-refractivity contribution < 1.29 is 33.5 Å². The standard InChI is InChI=1S/C27H46FN9O6/c1-16(2)12-21(36-24(41)19(6-3-4-10-29)34-22(38)8-9-23(39)40)25(42)35-20(7-5-11-33-27(31)32)26(43)37-15-17(28)13-18(37)14-30/h16-21H,3-13,15,29H2,1-2H3,(H,34,38)(H,35,42)(H,36,41)(H,39,40)(H4,31,32,33)/t17?,18?,19-,20-,21-/m0/s1. The van der Waals surface area contributed by atoms with Gasteiger partial charge in [-0.3, -0.25) is 29.0 Å². The third-order valence-electron chi connectivity index (χ3n) is 6.75. The summed E-state index contributed by atoms with van der Waals surface area (Å²) in [6.45, 7) is 3.91. The molecule has 0 radical (unpaired) electrons. The number of carboxylic acid groups (broad SMARTS) is 1. The summed E-state index contributed by atoms with van der Waals surface area (Å²) in [5, 5.41) is 26.1. The molecule has 16 heteroatoms. The molecule has 0 spiro atoms. The molecule has 5 atom stereocenters. The second-order valence-corrected chi connectivity index (χ2v) is 11.0. The van der Waals surface area contributed by atoms with Crippen LogP contribution in [-0.2, 0) is 24.0 Å². The van der Waals surface area contributed by atoms with E-state index in [1.165, 1.54) is 0 Å². The van der Waals surface area contributed by atoms with Crippen molar-refractivity contribution in [2.24, 2.45) is 28.1 Å². The van der Waals surface area contributed by atoms with Gasteiger partial charge < -0.3 is 43.2 Å². The first-order valence-corrected chi connectivity index (χ1v) is 14.5. The number of aliphatic imine (C=N–C) groups is 1. The number of halogens is 1. The van der Waals surface area contributed by atoms with Gasteiger partial charge in [0.1, 0.15) is 30.3 Å². The van der Waals surface area contributed by atoms with Crippen LogP contribution in [0.4, 0.5) is 4.39 Å². The molecular formula is C27H46FN9O6. The molecule has 1 heterocycles. The number of rotatable bonds is 19. The number of hydrogen-bond acceptors (Lipinski definition) is 8. The predicted molar refractivity (Wildman–Crippen MR) is 156 cm³/mol. The number of nitriles is 1. The Balaban J connectivity index is 3.13. The largest absolute Gasteiger partial charge is 0.481 e. The minimum absolute atomic E-state index is 0.0678. The van der Waals surface area contributed by atoms with Crippen molar-refractivity contribution in [2.45, 2.75) is 102 Å². The highest BCUT2D eigenvalue weighted by molar-refractivity contribution is 5.94. The Morgan fingerprint density at radius 2 is 1.63 bits per heavy atom. The molecule has 0 aromatic heterocycles. The summed E-state index contributed by atoms with van der Waals surface area (Å²) in [5.41, 5.74) is 16.3. The van der Waals surface area contributed by atoms with Gasteiger partial charge in [-0.25, -0.2) is 4.39 Å². The molecule has 1 saturated heterocycles. The van der Waals surface area contributed by atoms with E-state index in [1.807, 2.05) is 19.9 Å². The van der Waals surface area contributed by atoms with E-state index < -0.39 is 66.4 Å². The van der Waals surface area contributed by atoms with Crippen LogP contribution in [-0.4, -0.2) is 95.5 Å². The normalized spacial score (nSPS) is 18.2. The molecular weight excluding hydrogens is 565 g/mol. The zero-order valence-electron chi connectivity index (χ0n) is 24.9. The molecule has 15 nitrogen and oxygen atoms in total. The van der Waals surface area contributed by atoms with Crippen LogP contribution in [0, 0.1) is 17.2 Å². The van der Waals surface area contributed by atoms with Crippen molar-refractivity contribution in [1.82, 2.24) is 20.9 Å². The molecule has 1 fully saturated rings. The van der Waals surface area contributed by atoms with E-state index in [0.717, 1.165) is 4.90 Å². The first kappa shape index (κ1) is 37.0. The second kappa shape index (κ2) is 19.2. The molecule has 0 aromatic carbocycles. The molecule has 0 saturated carbocycles. The molecule has 0 aliphatic carbocycles. The lowest BCUT2D eigenvalue weighted by Crippen LogP contribution is -2.57. The lowest BCUT2D eigenvalue weighted by Gasteiger charge is -2.29. The molecule has 4 amide bonds. The van der Waals surface area contributed by atoms with Gasteiger partial charge in [-0.2, -0.15) is 5.26 Å². The molecule has 0 bridgehead atoms. The Bertz CT molecular complexity index is 1030. The number of likely N-dealkylation sites (tertiary alicyclic amines) is 1. The summed E-state index contributed by atoms with van der Waals surface area (Å²) < 4.78 is 14.1. The number of nitrogens with one attached hydrogen (secondary N) is 3. The maximum Gasteiger partial charge on any atom is 0.303 e. The lowest BCUT2D eigenvalue weighted by atomic mass is 10.0. The highest BCUT2D eigenvalue weighted by Gasteiger charge is 2.39. The monoisotopic (exact) mass is 611 g/mol. The molecule has 2 unspecified atom stereocenters. The number of amides is 4. The van der Waals surface area contributed by atoms with Gasteiger partial charge in [0.2, 0.25) is 23.6 Å². The number of carbonyl (C=O) groups excluding carboxylic acids is 4. The number of carbonyl (C=O) groups is 5. The Hall–Kier alpha value is -4.00. The van der Waals surface area contributed by atoms with Crippen molar-refractivity contribution in [1.29, 1.82) is 5.26 Å². The highest BCUT2D eigenvalue weighted by atomic mass is 19.1. The fraction of sp³-hybridized carbons (Fsp3) is 0.741. The molecule has 1 rings (SSSR count). The van der Waals surface area contributed by atoms with Gasteiger partial charge in [0.25, 0.3) is 0 Å². The Morgan fingerprint density at radius 1 is 1.00 bits per heavy atom. The van der Waals surface area contributed by atoms with Crippen LogP contribution in [0.5, 0.6) is 0 Å². The first-order valence-electron chi connectivity index (χ1n) is 14.5. The quantitative estimate of drug-likeness (QED) is 0.0532. The zero-order valence-corrected chi connectivity index (χ0v) is 24.9. The molecule has 10 N–H and O–H groups in total. The van der Waals surface area contributed by atoms with Gasteiger partial charge in [-0.05, 0) is 51.0 Å². The number of hydrogen-bond donors (Lipinski definition) is 7.